The fourth-order valence-electron chi connectivity index (χ4n) is 3.40. The Balaban J connectivity index is 1.69. The average molecular weight is 336 g/mol. The van der Waals surface area contributed by atoms with E-state index in [1.54, 1.807) is 13.4 Å². The smallest absolute Gasteiger partial charge is 0.254 e. The van der Waals surface area contributed by atoms with Crippen molar-refractivity contribution in [1.82, 2.24) is 20.2 Å². The van der Waals surface area contributed by atoms with Gasteiger partial charge in [0.15, 0.2) is 0 Å². The molecule has 0 saturated carbocycles. The van der Waals surface area contributed by atoms with Crippen LogP contribution in [0.2, 0.25) is 0 Å². The molecule has 6 heteroatoms. The van der Waals surface area contributed by atoms with Gasteiger partial charge in [0.05, 0.1) is 30.5 Å². The van der Waals surface area contributed by atoms with Crippen LogP contribution in [0.3, 0.4) is 0 Å². The number of hydrogen-bond donors (Lipinski definition) is 2. The largest absolute Gasteiger partial charge is 0.496 e. The number of methoxy groups -OCH3 is 1. The van der Waals surface area contributed by atoms with Gasteiger partial charge in [-0.05, 0) is 24.3 Å². The van der Waals surface area contributed by atoms with Gasteiger partial charge in [-0.25, -0.2) is 4.98 Å². The first kappa shape index (κ1) is 15.7. The van der Waals surface area contributed by atoms with Gasteiger partial charge in [-0.1, -0.05) is 18.2 Å². The van der Waals surface area contributed by atoms with E-state index >= 15 is 0 Å². The molecule has 0 bridgehead atoms. The molecule has 3 aromatic rings. The standard InChI is InChI=1S/C19H20N4O2/c1-25-18-5-3-2-4-14(18)17-11-20-8-9-23(17)19(24)13-6-7-15-16(10-13)22-12-21-15/h2-7,10,12,17,20H,8-9,11H2,1H3,(H,21,22). The van der Waals surface area contributed by atoms with Crippen molar-refractivity contribution in [1.29, 1.82) is 0 Å². The summed E-state index contributed by atoms with van der Waals surface area (Å²) in [6.45, 7) is 2.14. The number of imidazole rings is 1. The number of aromatic amines is 1. The first-order chi connectivity index (χ1) is 12.3. The average Bonchev–Trinajstić information content (AvgIpc) is 3.15. The summed E-state index contributed by atoms with van der Waals surface area (Å²) in [7, 11) is 1.66. The number of fused-ring (bicyclic) bond motifs is 1. The van der Waals surface area contributed by atoms with Crippen molar-refractivity contribution >= 4 is 16.9 Å². The monoisotopic (exact) mass is 336 g/mol. The lowest BCUT2D eigenvalue weighted by Gasteiger charge is -2.37. The Morgan fingerprint density at radius 3 is 3.04 bits per heavy atom. The van der Waals surface area contributed by atoms with Crippen molar-refractivity contribution in [2.24, 2.45) is 0 Å². The van der Waals surface area contributed by atoms with E-state index in [1.165, 1.54) is 0 Å². The maximum atomic E-state index is 13.2. The molecule has 2 aromatic carbocycles. The molecule has 1 aliphatic rings. The molecule has 1 unspecified atom stereocenters. The van der Waals surface area contributed by atoms with Crippen LogP contribution in [-0.4, -0.2) is 47.5 Å². The predicted octanol–water partition coefficient (Wildman–Crippen LogP) is 2.36. The molecule has 2 N–H and O–H groups in total. The summed E-state index contributed by atoms with van der Waals surface area (Å²) in [5.74, 6) is 0.826. The van der Waals surface area contributed by atoms with E-state index in [1.807, 2.05) is 47.4 Å². The molecule has 128 valence electrons. The molecule has 25 heavy (non-hydrogen) atoms. The van der Waals surface area contributed by atoms with Crippen LogP contribution in [0, 0.1) is 0 Å². The molecule has 0 radical (unpaired) electrons. The topological polar surface area (TPSA) is 70.2 Å². The number of para-hydroxylation sites is 1. The molecule has 6 nitrogen and oxygen atoms in total. The van der Waals surface area contributed by atoms with Crippen LogP contribution in [0.25, 0.3) is 11.0 Å². The van der Waals surface area contributed by atoms with E-state index in [2.05, 4.69) is 15.3 Å². The van der Waals surface area contributed by atoms with Gasteiger partial charge < -0.3 is 19.9 Å². The van der Waals surface area contributed by atoms with Gasteiger partial charge in [0.25, 0.3) is 5.91 Å². The second-order valence-corrected chi connectivity index (χ2v) is 6.09. The minimum absolute atomic E-state index is 0.0221. The Kier molecular flexibility index (Phi) is 4.11. The van der Waals surface area contributed by atoms with Crippen LogP contribution in [0.5, 0.6) is 5.75 Å². The van der Waals surface area contributed by atoms with Crippen LogP contribution in [0.15, 0.2) is 48.8 Å². The Morgan fingerprint density at radius 2 is 2.16 bits per heavy atom. The molecule has 1 saturated heterocycles. The maximum absolute atomic E-state index is 13.2. The number of hydrogen-bond acceptors (Lipinski definition) is 4. The predicted molar refractivity (Wildman–Crippen MR) is 95.7 cm³/mol. The highest BCUT2D eigenvalue weighted by molar-refractivity contribution is 5.97. The van der Waals surface area contributed by atoms with Gasteiger partial charge in [0.2, 0.25) is 0 Å². The summed E-state index contributed by atoms with van der Waals surface area (Å²) in [4.78, 5) is 22.4. The highest BCUT2D eigenvalue weighted by Crippen LogP contribution is 2.31. The minimum atomic E-state index is -0.0603. The molecule has 1 aliphatic heterocycles. The van der Waals surface area contributed by atoms with Crippen molar-refractivity contribution < 1.29 is 9.53 Å². The minimum Gasteiger partial charge on any atom is -0.496 e. The summed E-state index contributed by atoms with van der Waals surface area (Å²) in [5, 5.41) is 3.38. The number of ether oxygens (including phenoxy) is 1. The molecule has 4 rings (SSSR count). The normalized spacial score (nSPS) is 17.6. The van der Waals surface area contributed by atoms with E-state index in [4.69, 9.17) is 4.74 Å². The fourth-order valence-corrected chi connectivity index (χ4v) is 3.40. The molecule has 1 aromatic heterocycles. The highest BCUT2D eigenvalue weighted by atomic mass is 16.5. The van der Waals surface area contributed by atoms with Crippen molar-refractivity contribution in [3.05, 3.63) is 59.9 Å². The number of carbonyl (C=O) groups excluding carboxylic acids is 1. The Hall–Kier alpha value is -2.86. The fraction of sp³-hybridized carbons (Fsp3) is 0.263. The number of aromatic nitrogens is 2. The van der Waals surface area contributed by atoms with Crippen LogP contribution in [0.1, 0.15) is 22.0 Å². The zero-order chi connectivity index (χ0) is 17.2. The van der Waals surface area contributed by atoms with Crippen molar-refractivity contribution in [2.45, 2.75) is 6.04 Å². The van der Waals surface area contributed by atoms with E-state index in [-0.39, 0.29) is 11.9 Å². The van der Waals surface area contributed by atoms with Gasteiger partial charge in [-0.2, -0.15) is 0 Å². The quantitative estimate of drug-likeness (QED) is 0.770. The van der Waals surface area contributed by atoms with Crippen LogP contribution in [0.4, 0.5) is 0 Å². The second kappa shape index (κ2) is 6.57. The molecule has 1 atom stereocenters. The molecule has 1 amide bonds. The highest BCUT2D eigenvalue weighted by Gasteiger charge is 2.30. The number of piperazine rings is 1. The number of nitrogens with zero attached hydrogens (tertiary/aromatic N) is 2. The van der Waals surface area contributed by atoms with Gasteiger partial charge in [-0.3, -0.25) is 4.79 Å². The van der Waals surface area contributed by atoms with Crippen LogP contribution in [-0.2, 0) is 0 Å². The number of carbonyl (C=O) groups is 1. The SMILES string of the molecule is COc1ccccc1C1CNCCN1C(=O)c1ccc2nc[nH]c2c1. The zero-order valence-electron chi connectivity index (χ0n) is 14.0. The molecule has 0 aliphatic carbocycles. The van der Waals surface area contributed by atoms with E-state index in [9.17, 15) is 4.79 Å². The number of amides is 1. The van der Waals surface area contributed by atoms with Gasteiger partial charge in [-0.15, -0.1) is 0 Å². The molecule has 0 spiro atoms. The van der Waals surface area contributed by atoms with Gasteiger partial charge in [0, 0.05) is 30.8 Å². The zero-order valence-corrected chi connectivity index (χ0v) is 14.0. The summed E-state index contributed by atoms with van der Waals surface area (Å²) >= 11 is 0. The molecule has 2 heterocycles. The molecular formula is C19H20N4O2. The van der Waals surface area contributed by atoms with Gasteiger partial charge in [0.1, 0.15) is 5.75 Å². The first-order valence-corrected chi connectivity index (χ1v) is 8.35. The molecular weight excluding hydrogens is 316 g/mol. The van der Waals surface area contributed by atoms with E-state index < -0.39 is 0 Å². The number of H-pyrrole nitrogens is 1. The summed E-state index contributed by atoms with van der Waals surface area (Å²) in [5.41, 5.74) is 3.42. The Bertz CT molecular complexity index is 905. The lowest BCUT2D eigenvalue weighted by Crippen LogP contribution is -2.48. The third-order valence-corrected chi connectivity index (χ3v) is 4.67. The Morgan fingerprint density at radius 1 is 1.28 bits per heavy atom. The van der Waals surface area contributed by atoms with Crippen molar-refractivity contribution in [2.75, 3.05) is 26.7 Å². The van der Waals surface area contributed by atoms with Gasteiger partial charge >= 0.3 is 0 Å². The number of rotatable bonds is 3. The lowest BCUT2D eigenvalue weighted by molar-refractivity contribution is 0.0632. The second-order valence-electron chi connectivity index (χ2n) is 6.09. The molecule has 1 fully saturated rings. The van der Waals surface area contributed by atoms with E-state index in [0.29, 0.717) is 18.7 Å². The summed E-state index contributed by atoms with van der Waals surface area (Å²) in [6.07, 6.45) is 1.64. The first-order valence-electron chi connectivity index (χ1n) is 8.35. The van der Waals surface area contributed by atoms with E-state index in [0.717, 1.165) is 28.9 Å². The third-order valence-electron chi connectivity index (χ3n) is 4.67. The van der Waals surface area contributed by atoms with Crippen molar-refractivity contribution in [3.8, 4) is 5.75 Å². The van der Waals surface area contributed by atoms with Crippen LogP contribution >= 0.6 is 0 Å². The van der Waals surface area contributed by atoms with Crippen molar-refractivity contribution in [3.63, 3.8) is 0 Å². The maximum Gasteiger partial charge on any atom is 0.254 e. The number of nitrogens with one attached hydrogen (secondary N) is 2. The third kappa shape index (κ3) is 2.85. The Labute approximate surface area is 145 Å². The number of benzene rings is 2. The lowest BCUT2D eigenvalue weighted by atomic mass is 10.0. The summed E-state index contributed by atoms with van der Waals surface area (Å²) < 4.78 is 5.50. The van der Waals surface area contributed by atoms with Crippen LogP contribution < -0.4 is 10.1 Å². The summed E-state index contributed by atoms with van der Waals surface area (Å²) in [6, 6.07) is 13.4.